The van der Waals surface area contributed by atoms with E-state index in [0.29, 0.717) is 0 Å². The van der Waals surface area contributed by atoms with Crippen LogP contribution in [0, 0.1) is 5.92 Å². The fourth-order valence-electron chi connectivity index (χ4n) is 3.07. The third-order valence-corrected chi connectivity index (χ3v) is 4.34. The maximum atomic E-state index is 12.3. The Hall–Kier alpha value is -1.06. The van der Waals surface area contributed by atoms with Crippen LogP contribution in [0.4, 0.5) is 0 Å². The number of carbonyl (C=O) groups excluding carboxylic acids is 2. The molecule has 1 saturated heterocycles. The first-order valence-corrected chi connectivity index (χ1v) is 7.09. The standard InChI is InChI=1S/C14H23NO3/c1-3-10(2)15-13(17)11-9-12(16)18-14(11)7-5-4-6-8-14/h10-11H,3-9H2,1-2H3,(H,15,17)/t10-,11-/m1/s1. The van der Waals surface area contributed by atoms with Gasteiger partial charge in [0, 0.05) is 6.04 Å². The molecular formula is C14H23NO3. The van der Waals surface area contributed by atoms with Crippen LogP contribution < -0.4 is 5.32 Å². The number of carbonyl (C=O) groups is 2. The summed E-state index contributed by atoms with van der Waals surface area (Å²) in [5, 5.41) is 2.99. The first-order valence-electron chi connectivity index (χ1n) is 7.09. The van der Waals surface area contributed by atoms with Gasteiger partial charge in [0.1, 0.15) is 5.60 Å². The maximum absolute atomic E-state index is 12.3. The molecule has 0 aromatic heterocycles. The molecule has 1 spiro atoms. The minimum Gasteiger partial charge on any atom is -0.458 e. The van der Waals surface area contributed by atoms with Crippen LogP contribution in [0.15, 0.2) is 0 Å². The van der Waals surface area contributed by atoms with Gasteiger partial charge in [-0.1, -0.05) is 13.3 Å². The van der Waals surface area contributed by atoms with Gasteiger partial charge in [0.15, 0.2) is 0 Å². The molecule has 2 aliphatic rings. The van der Waals surface area contributed by atoms with Crippen molar-refractivity contribution in [1.82, 2.24) is 5.32 Å². The molecule has 0 bridgehead atoms. The van der Waals surface area contributed by atoms with E-state index in [0.717, 1.165) is 32.1 Å². The number of esters is 1. The van der Waals surface area contributed by atoms with Gasteiger partial charge in [-0.15, -0.1) is 0 Å². The second-order valence-corrected chi connectivity index (χ2v) is 5.67. The molecule has 0 aromatic carbocycles. The maximum Gasteiger partial charge on any atom is 0.307 e. The van der Waals surface area contributed by atoms with Gasteiger partial charge in [-0.05, 0) is 39.0 Å². The molecule has 1 aliphatic heterocycles. The van der Waals surface area contributed by atoms with Crippen molar-refractivity contribution in [3.63, 3.8) is 0 Å². The lowest BCUT2D eigenvalue weighted by molar-refractivity contribution is -0.153. The highest BCUT2D eigenvalue weighted by Crippen LogP contribution is 2.44. The van der Waals surface area contributed by atoms with E-state index in [1.54, 1.807) is 0 Å². The van der Waals surface area contributed by atoms with Gasteiger partial charge in [-0.2, -0.15) is 0 Å². The molecule has 4 nitrogen and oxygen atoms in total. The van der Waals surface area contributed by atoms with Crippen LogP contribution in [0.25, 0.3) is 0 Å². The molecule has 1 saturated carbocycles. The summed E-state index contributed by atoms with van der Waals surface area (Å²) in [6, 6.07) is 0.161. The lowest BCUT2D eigenvalue weighted by Gasteiger charge is -2.36. The summed E-state index contributed by atoms with van der Waals surface area (Å²) in [5.74, 6) is -0.488. The van der Waals surface area contributed by atoms with E-state index in [-0.39, 0.29) is 30.3 Å². The van der Waals surface area contributed by atoms with Crippen LogP contribution in [0.2, 0.25) is 0 Å². The van der Waals surface area contributed by atoms with Gasteiger partial charge < -0.3 is 10.1 Å². The quantitative estimate of drug-likeness (QED) is 0.784. The van der Waals surface area contributed by atoms with Crippen molar-refractivity contribution in [2.45, 2.75) is 70.4 Å². The smallest absolute Gasteiger partial charge is 0.307 e. The van der Waals surface area contributed by atoms with Crippen molar-refractivity contribution in [3.8, 4) is 0 Å². The summed E-state index contributed by atoms with van der Waals surface area (Å²) in [4.78, 5) is 23.9. The summed E-state index contributed by atoms with van der Waals surface area (Å²) in [7, 11) is 0. The average molecular weight is 253 g/mol. The van der Waals surface area contributed by atoms with Crippen LogP contribution in [0.1, 0.15) is 58.8 Å². The van der Waals surface area contributed by atoms with Gasteiger partial charge in [0.05, 0.1) is 12.3 Å². The molecule has 1 N–H and O–H groups in total. The van der Waals surface area contributed by atoms with Gasteiger partial charge in [0.25, 0.3) is 0 Å². The Morgan fingerprint density at radius 1 is 1.44 bits per heavy atom. The van der Waals surface area contributed by atoms with Gasteiger partial charge >= 0.3 is 5.97 Å². The van der Waals surface area contributed by atoms with E-state index in [4.69, 9.17) is 4.74 Å². The third kappa shape index (κ3) is 2.52. The zero-order chi connectivity index (χ0) is 13.2. The Bertz CT molecular complexity index is 334. The molecule has 2 atom stereocenters. The number of amides is 1. The number of rotatable bonds is 3. The fraction of sp³-hybridized carbons (Fsp3) is 0.857. The van der Waals surface area contributed by atoms with E-state index >= 15 is 0 Å². The van der Waals surface area contributed by atoms with Crippen LogP contribution in [0.3, 0.4) is 0 Å². The summed E-state index contributed by atoms with van der Waals surface area (Å²) >= 11 is 0. The molecule has 18 heavy (non-hydrogen) atoms. The SMILES string of the molecule is CC[C@@H](C)NC(=O)[C@H]1CC(=O)OC12CCCCC2. The molecule has 4 heteroatoms. The van der Waals surface area contributed by atoms with Gasteiger partial charge in [0.2, 0.25) is 5.91 Å². The number of nitrogens with one attached hydrogen (secondary N) is 1. The Balaban J connectivity index is 2.09. The fourth-order valence-corrected chi connectivity index (χ4v) is 3.07. The van der Waals surface area contributed by atoms with Crippen molar-refractivity contribution in [1.29, 1.82) is 0 Å². The van der Waals surface area contributed by atoms with Crippen molar-refractivity contribution < 1.29 is 14.3 Å². The molecule has 0 radical (unpaired) electrons. The topological polar surface area (TPSA) is 55.4 Å². The number of hydrogen-bond donors (Lipinski definition) is 1. The highest BCUT2D eigenvalue weighted by atomic mass is 16.6. The molecular weight excluding hydrogens is 230 g/mol. The van der Waals surface area contributed by atoms with Crippen molar-refractivity contribution in [3.05, 3.63) is 0 Å². The van der Waals surface area contributed by atoms with Crippen molar-refractivity contribution in [2.75, 3.05) is 0 Å². The lowest BCUT2D eigenvalue weighted by atomic mass is 9.75. The summed E-state index contributed by atoms with van der Waals surface area (Å²) < 4.78 is 5.54. The van der Waals surface area contributed by atoms with Crippen LogP contribution in [0.5, 0.6) is 0 Å². The molecule has 102 valence electrons. The van der Waals surface area contributed by atoms with Crippen LogP contribution >= 0.6 is 0 Å². The van der Waals surface area contributed by atoms with E-state index in [2.05, 4.69) is 5.32 Å². The van der Waals surface area contributed by atoms with Gasteiger partial charge in [-0.3, -0.25) is 9.59 Å². The van der Waals surface area contributed by atoms with Crippen LogP contribution in [-0.2, 0) is 14.3 Å². The van der Waals surface area contributed by atoms with E-state index in [1.165, 1.54) is 6.42 Å². The zero-order valence-corrected chi connectivity index (χ0v) is 11.3. The molecule has 2 rings (SSSR count). The summed E-state index contributed by atoms with van der Waals surface area (Å²) in [6.07, 6.45) is 6.14. The molecule has 1 amide bonds. The molecule has 2 fully saturated rings. The minimum atomic E-state index is -0.493. The van der Waals surface area contributed by atoms with E-state index < -0.39 is 5.60 Å². The largest absolute Gasteiger partial charge is 0.458 e. The zero-order valence-electron chi connectivity index (χ0n) is 11.3. The molecule has 0 aromatic rings. The van der Waals surface area contributed by atoms with E-state index in [1.807, 2.05) is 13.8 Å². The predicted octanol–water partition coefficient (Wildman–Crippen LogP) is 2.17. The second-order valence-electron chi connectivity index (χ2n) is 5.67. The Morgan fingerprint density at radius 2 is 2.11 bits per heavy atom. The Kier molecular flexibility index (Phi) is 3.93. The Labute approximate surface area is 108 Å². The average Bonchev–Trinajstić information content (AvgIpc) is 2.66. The first-order chi connectivity index (χ1) is 8.57. The normalized spacial score (nSPS) is 27.9. The number of ether oxygens (including phenoxy) is 1. The van der Waals surface area contributed by atoms with E-state index in [9.17, 15) is 9.59 Å². The van der Waals surface area contributed by atoms with Gasteiger partial charge in [-0.25, -0.2) is 0 Å². The monoisotopic (exact) mass is 253 g/mol. The Morgan fingerprint density at radius 3 is 2.72 bits per heavy atom. The molecule has 1 aliphatic carbocycles. The van der Waals surface area contributed by atoms with Crippen molar-refractivity contribution in [2.24, 2.45) is 5.92 Å². The molecule has 0 unspecified atom stereocenters. The highest BCUT2D eigenvalue weighted by molar-refractivity contribution is 5.88. The second kappa shape index (κ2) is 5.29. The highest BCUT2D eigenvalue weighted by Gasteiger charge is 2.52. The third-order valence-electron chi connectivity index (χ3n) is 4.34. The summed E-state index contributed by atoms with van der Waals surface area (Å²) in [6.45, 7) is 4.03. The number of hydrogen-bond acceptors (Lipinski definition) is 3. The minimum absolute atomic E-state index is 0.00269. The first kappa shape index (κ1) is 13.4. The molecule has 1 heterocycles. The van der Waals surface area contributed by atoms with Crippen LogP contribution in [-0.4, -0.2) is 23.5 Å². The lowest BCUT2D eigenvalue weighted by Crippen LogP contribution is -2.47. The summed E-state index contributed by atoms with van der Waals surface area (Å²) in [5.41, 5.74) is -0.493. The predicted molar refractivity (Wildman–Crippen MR) is 67.9 cm³/mol. The van der Waals surface area contributed by atoms with Crippen molar-refractivity contribution >= 4 is 11.9 Å².